The van der Waals surface area contributed by atoms with Gasteiger partial charge in [-0.1, -0.05) is 0 Å². The van der Waals surface area contributed by atoms with Crippen LogP contribution in [0.5, 0.6) is 0 Å². The van der Waals surface area contributed by atoms with E-state index in [0.717, 1.165) is 0 Å². The SMILES string of the molecule is N[C@@H](CCO)C(=O)OP(=O)(O)O. The Hall–Kier alpha value is -0.460. The molecule has 5 N–H and O–H groups in total. The minimum Gasteiger partial charge on any atom is -0.396 e. The Morgan fingerprint density at radius 3 is 2.42 bits per heavy atom. The van der Waals surface area contributed by atoms with Crippen molar-refractivity contribution in [1.29, 1.82) is 0 Å². The van der Waals surface area contributed by atoms with Crippen molar-refractivity contribution < 1.29 is 28.8 Å². The Kier molecular flexibility index (Phi) is 4.36. The van der Waals surface area contributed by atoms with Gasteiger partial charge in [-0.2, -0.15) is 0 Å². The molecule has 0 radical (unpaired) electrons. The van der Waals surface area contributed by atoms with E-state index in [-0.39, 0.29) is 13.0 Å². The first-order chi connectivity index (χ1) is 5.37. The minimum atomic E-state index is -4.81. The molecule has 72 valence electrons. The van der Waals surface area contributed by atoms with Crippen LogP contribution in [-0.4, -0.2) is 33.5 Å². The summed E-state index contributed by atoms with van der Waals surface area (Å²) in [7, 11) is -4.81. The molecular weight excluding hydrogens is 189 g/mol. The maximum absolute atomic E-state index is 10.6. The maximum Gasteiger partial charge on any atom is 0.527 e. The molecule has 0 heterocycles. The summed E-state index contributed by atoms with van der Waals surface area (Å²) in [5, 5.41) is 8.30. The zero-order valence-corrected chi connectivity index (χ0v) is 6.98. The number of nitrogens with two attached hydrogens (primary N) is 1. The average Bonchev–Trinajstić information content (AvgIpc) is 1.84. The van der Waals surface area contributed by atoms with E-state index in [0.29, 0.717) is 0 Å². The predicted octanol–water partition coefficient (Wildman–Crippen LogP) is -1.67. The lowest BCUT2D eigenvalue weighted by molar-refractivity contribution is -0.137. The van der Waals surface area contributed by atoms with Crippen LogP contribution in [0.15, 0.2) is 0 Å². The fraction of sp³-hybridized carbons (Fsp3) is 0.750. The van der Waals surface area contributed by atoms with Crippen LogP contribution in [0, 0.1) is 0 Å². The van der Waals surface area contributed by atoms with Crippen LogP contribution in [0.4, 0.5) is 0 Å². The molecule has 0 rings (SSSR count). The fourth-order valence-electron chi connectivity index (χ4n) is 0.442. The molecule has 1 atom stereocenters. The molecule has 0 saturated carbocycles. The van der Waals surface area contributed by atoms with Crippen LogP contribution in [-0.2, 0) is 13.9 Å². The van der Waals surface area contributed by atoms with Crippen molar-refractivity contribution in [1.82, 2.24) is 0 Å². The number of aliphatic hydroxyl groups excluding tert-OH is 1. The van der Waals surface area contributed by atoms with E-state index in [4.69, 9.17) is 20.6 Å². The van der Waals surface area contributed by atoms with Crippen LogP contribution in [0.3, 0.4) is 0 Å². The Morgan fingerprint density at radius 2 is 2.08 bits per heavy atom. The van der Waals surface area contributed by atoms with Crippen molar-refractivity contribution in [2.24, 2.45) is 5.73 Å². The zero-order valence-electron chi connectivity index (χ0n) is 6.08. The number of hydrogen-bond donors (Lipinski definition) is 4. The highest BCUT2D eigenvalue weighted by atomic mass is 31.2. The van der Waals surface area contributed by atoms with Crippen molar-refractivity contribution in [2.45, 2.75) is 12.5 Å². The first-order valence-electron chi connectivity index (χ1n) is 3.02. The first-order valence-corrected chi connectivity index (χ1v) is 4.55. The summed E-state index contributed by atoms with van der Waals surface area (Å²) < 4.78 is 13.7. The van der Waals surface area contributed by atoms with Crippen molar-refractivity contribution in [2.75, 3.05) is 6.61 Å². The summed E-state index contributed by atoms with van der Waals surface area (Å²) in [5.74, 6) is -1.22. The van der Waals surface area contributed by atoms with Gasteiger partial charge in [0.15, 0.2) is 0 Å². The quantitative estimate of drug-likeness (QED) is 0.398. The fourth-order valence-corrected chi connectivity index (χ4v) is 0.812. The normalized spacial score (nSPS) is 14.0. The van der Waals surface area contributed by atoms with Gasteiger partial charge in [0.25, 0.3) is 0 Å². The second kappa shape index (κ2) is 4.54. The molecule has 0 aromatic rings. The molecule has 0 aromatic carbocycles. The molecule has 0 bridgehead atoms. The van der Waals surface area contributed by atoms with E-state index in [9.17, 15) is 9.36 Å². The lowest BCUT2D eigenvalue weighted by Crippen LogP contribution is -2.32. The molecule has 0 amide bonds. The highest BCUT2D eigenvalue weighted by Crippen LogP contribution is 2.36. The molecule has 8 heteroatoms. The monoisotopic (exact) mass is 199 g/mol. The van der Waals surface area contributed by atoms with Crippen molar-refractivity contribution in [3.8, 4) is 0 Å². The lowest BCUT2D eigenvalue weighted by Gasteiger charge is -2.09. The smallest absolute Gasteiger partial charge is 0.396 e. The van der Waals surface area contributed by atoms with Gasteiger partial charge >= 0.3 is 13.8 Å². The highest BCUT2D eigenvalue weighted by molar-refractivity contribution is 7.46. The maximum atomic E-state index is 10.6. The van der Waals surface area contributed by atoms with Gasteiger partial charge in [-0.25, -0.2) is 9.36 Å². The van der Waals surface area contributed by atoms with Crippen LogP contribution in [0.25, 0.3) is 0 Å². The van der Waals surface area contributed by atoms with Gasteiger partial charge in [0.05, 0.1) is 0 Å². The van der Waals surface area contributed by atoms with Gasteiger partial charge in [0, 0.05) is 6.61 Å². The summed E-state index contributed by atoms with van der Waals surface area (Å²) in [6.45, 7) is -0.350. The standard InChI is InChI=1S/C4H10NO6P/c5-3(1-2-6)4(7)11-12(8,9)10/h3,6H,1-2,5H2,(H2,8,9,10)/t3-/m0/s1. The van der Waals surface area contributed by atoms with E-state index < -0.39 is 19.8 Å². The van der Waals surface area contributed by atoms with E-state index in [2.05, 4.69) is 4.52 Å². The lowest BCUT2D eigenvalue weighted by atomic mass is 10.2. The number of phosphoric ester groups is 1. The van der Waals surface area contributed by atoms with Gasteiger partial charge in [-0.15, -0.1) is 0 Å². The Morgan fingerprint density at radius 1 is 1.58 bits per heavy atom. The summed E-state index contributed by atoms with van der Waals surface area (Å²) in [6, 6.07) is -1.21. The summed E-state index contributed by atoms with van der Waals surface area (Å²) in [6.07, 6.45) is -0.0984. The Balaban J connectivity index is 3.96. The van der Waals surface area contributed by atoms with E-state index in [1.807, 2.05) is 0 Å². The average molecular weight is 199 g/mol. The third kappa shape index (κ3) is 5.22. The molecule has 0 saturated heterocycles. The third-order valence-electron chi connectivity index (χ3n) is 0.952. The van der Waals surface area contributed by atoms with Crippen LogP contribution < -0.4 is 5.73 Å². The van der Waals surface area contributed by atoms with Gasteiger partial charge in [0.2, 0.25) is 0 Å². The van der Waals surface area contributed by atoms with Gasteiger partial charge < -0.3 is 15.4 Å². The number of rotatable bonds is 4. The first kappa shape index (κ1) is 11.5. The summed E-state index contributed by atoms with van der Waals surface area (Å²) in [5.41, 5.74) is 5.06. The van der Waals surface area contributed by atoms with Gasteiger partial charge in [-0.05, 0) is 6.42 Å². The molecule has 0 unspecified atom stereocenters. The zero-order chi connectivity index (χ0) is 9.78. The summed E-state index contributed by atoms with van der Waals surface area (Å²) in [4.78, 5) is 26.9. The largest absolute Gasteiger partial charge is 0.527 e. The van der Waals surface area contributed by atoms with Crippen molar-refractivity contribution in [3.05, 3.63) is 0 Å². The second-order valence-electron chi connectivity index (χ2n) is 2.02. The Bertz CT molecular complexity index is 200. The molecule has 0 aliphatic heterocycles. The molecule has 0 fully saturated rings. The van der Waals surface area contributed by atoms with Gasteiger partial charge in [-0.3, -0.25) is 9.79 Å². The van der Waals surface area contributed by atoms with Crippen LogP contribution in [0.2, 0.25) is 0 Å². The Labute approximate surface area is 68.4 Å². The number of carbonyl (C=O) groups is 1. The predicted molar refractivity (Wildman–Crippen MR) is 37.8 cm³/mol. The van der Waals surface area contributed by atoms with Crippen molar-refractivity contribution >= 4 is 13.8 Å². The molecule has 7 nitrogen and oxygen atoms in total. The second-order valence-corrected chi connectivity index (χ2v) is 3.18. The topological polar surface area (TPSA) is 130 Å². The van der Waals surface area contributed by atoms with E-state index in [1.165, 1.54) is 0 Å². The number of phosphoric acid groups is 1. The number of hydrogen-bond acceptors (Lipinski definition) is 5. The highest BCUT2D eigenvalue weighted by Gasteiger charge is 2.24. The minimum absolute atomic E-state index is 0.0984. The molecular formula is C4H10NO6P. The number of aliphatic hydroxyl groups is 1. The molecule has 12 heavy (non-hydrogen) atoms. The molecule has 0 aliphatic carbocycles. The van der Waals surface area contributed by atoms with E-state index in [1.54, 1.807) is 0 Å². The van der Waals surface area contributed by atoms with Crippen molar-refractivity contribution in [3.63, 3.8) is 0 Å². The number of carbonyl (C=O) groups excluding carboxylic acids is 1. The third-order valence-corrected chi connectivity index (χ3v) is 1.37. The van der Waals surface area contributed by atoms with E-state index >= 15 is 0 Å². The van der Waals surface area contributed by atoms with Crippen LogP contribution in [0.1, 0.15) is 6.42 Å². The van der Waals surface area contributed by atoms with Crippen LogP contribution >= 0.6 is 7.82 Å². The molecule has 0 spiro atoms. The molecule has 0 aliphatic rings. The molecule has 0 aromatic heterocycles. The van der Waals surface area contributed by atoms with Gasteiger partial charge in [0.1, 0.15) is 6.04 Å². The summed E-state index contributed by atoms with van der Waals surface area (Å²) >= 11 is 0.